The highest BCUT2D eigenvalue weighted by Crippen LogP contribution is 2.50. The molecule has 2 saturated heterocycles. The van der Waals surface area contributed by atoms with E-state index < -0.39 is 47.8 Å². The molecule has 2 aromatic rings. The Kier molecular flexibility index (Phi) is 4.87. The van der Waals surface area contributed by atoms with Crippen molar-refractivity contribution in [2.24, 2.45) is 13.0 Å². The van der Waals surface area contributed by atoms with E-state index in [-0.39, 0.29) is 10.7 Å². The number of nitrogens with zero attached hydrogens (tertiary/aromatic N) is 2. The molecule has 156 valence electrons. The van der Waals surface area contributed by atoms with Crippen LogP contribution in [-0.2, 0) is 22.8 Å². The molecule has 6 nitrogen and oxygen atoms in total. The molecular formula is C19H19ClF3N3O3. The summed E-state index contributed by atoms with van der Waals surface area (Å²) in [6.45, 7) is 1.80. The zero-order chi connectivity index (χ0) is 21.1. The standard InChI is InChI=1S/C19H19ClF3N3O3/c1-8-12(7-26(2)25-8)15-16(14-6-13(27)17(15)29-14)18(28)24-11-4-9(19(21,22)23)3-10(20)5-11/h3-5,7,13-17,27H,6H2,1-2H3,(H,24,28)/t13-,14+,15+,16-,17-/m0/s1. The first-order valence-corrected chi connectivity index (χ1v) is 9.44. The summed E-state index contributed by atoms with van der Waals surface area (Å²) in [4.78, 5) is 13.1. The van der Waals surface area contributed by atoms with Gasteiger partial charge in [-0.1, -0.05) is 11.6 Å². The molecule has 2 N–H and O–H groups in total. The van der Waals surface area contributed by atoms with Crippen molar-refractivity contribution >= 4 is 23.2 Å². The average molecular weight is 430 g/mol. The van der Waals surface area contributed by atoms with Crippen LogP contribution in [0.3, 0.4) is 0 Å². The number of carbonyl (C=O) groups excluding carboxylic acids is 1. The number of fused-ring (bicyclic) bond motifs is 2. The zero-order valence-electron chi connectivity index (χ0n) is 15.6. The third-order valence-corrected chi connectivity index (χ3v) is 5.75. The minimum absolute atomic E-state index is 0.0418. The summed E-state index contributed by atoms with van der Waals surface area (Å²) >= 11 is 5.81. The molecular weight excluding hydrogens is 411 g/mol. The minimum Gasteiger partial charge on any atom is -0.390 e. The van der Waals surface area contributed by atoms with Gasteiger partial charge in [0.15, 0.2) is 0 Å². The summed E-state index contributed by atoms with van der Waals surface area (Å²) in [6.07, 6.45) is -4.32. The Morgan fingerprint density at radius 2 is 2.10 bits per heavy atom. The molecule has 1 aromatic heterocycles. The van der Waals surface area contributed by atoms with Gasteiger partial charge in [0, 0.05) is 36.3 Å². The van der Waals surface area contributed by atoms with Crippen molar-refractivity contribution in [3.05, 3.63) is 46.2 Å². The number of rotatable bonds is 3. The van der Waals surface area contributed by atoms with Crippen LogP contribution in [0.15, 0.2) is 24.4 Å². The molecule has 10 heteroatoms. The summed E-state index contributed by atoms with van der Waals surface area (Å²) in [5.41, 5.74) is 0.501. The van der Waals surface area contributed by atoms with Crippen LogP contribution in [0, 0.1) is 12.8 Å². The lowest BCUT2D eigenvalue weighted by Crippen LogP contribution is -2.41. The number of aliphatic hydroxyl groups excluding tert-OH is 1. The number of benzene rings is 1. The smallest absolute Gasteiger partial charge is 0.390 e. The Morgan fingerprint density at radius 3 is 2.72 bits per heavy atom. The number of hydrogen-bond acceptors (Lipinski definition) is 4. The molecule has 1 aromatic carbocycles. The molecule has 0 unspecified atom stereocenters. The number of halogens is 4. The van der Waals surface area contributed by atoms with Crippen LogP contribution in [0.4, 0.5) is 18.9 Å². The third kappa shape index (κ3) is 3.62. The SMILES string of the molecule is Cc1nn(C)cc1[C@H]1[C@H]2O[C@H](C[C@@H]2O)[C@@H]1C(=O)Nc1cc(Cl)cc(C(F)(F)F)c1. The lowest BCUT2D eigenvalue weighted by atomic mass is 9.74. The number of aryl methyl sites for hydroxylation is 2. The molecule has 0 radical (unpaired) electrons. The molecule has 0 saturated carbocycles. The van der Waals surface area contributed by atoms with Gasteiger partial charge < -0.3 is 15.2 Å². The highest BCUT2D eigenvalue weighted by Gasteiger charge is 2.57. The fourth-order valence-electron chi connectivity index (χ4n) is 4.41. The van der Waals surface area contributed by atoms with Crippen molar-refractivity contribution in [1.29, 1.82) is 0 Å². The van der Waals surface area contributed by atoms with Crippen molar-refractivity contribution in [1.82, 2.24) is 9.78 Å². The van der Waals surface area contributed by atoms with Crippen molar-refractivity contribution in [2.45, 2.75) is 43.8 Å². The summed E-state index contributed by atoms with van der Waals surface area (Å²) in [7, 11) is 1.75. The first kappa shape index (κ1) is 20.2. The predicted octanol–water partition coefficient (Wildman–Crippen LogP) is 3.27. The molecule has 3 heterocycles. The van der Waals surface area contributed by atoms with Gasteiger partial charge in [0.1, 0.15) is 0 Å². The van der Waals surface area contributed by atoms with Crippen LogP contribution in [0.5, 0.6) is 0 Å². The van der Waals surface area contributed by atoms with Gasteiger partial charge in [-0.25, -0.2) is 0 Å². The summed E-state index contributed by atoms with van der Waals surface area (Å²) < 4.78 is 46.6. The summed E-state index contributed by atoms with van der Waals surface area (Å²) in [6, 6.07) is 2.91. The van der Waals surface area contributed by atoms with Gasteiger partial charge in [-0.3, -0.25) is 9.48 Å². The number of carbonyl (C=O) groups is 1. The molecule has 29 heavy (non-hydrogen) atoms. The highest BCUT2D eigenvalue weighted by molar-refractivity contribution is 6.31. The minimum atomic E-state index is -4.58. The molecule has 4 rings (SSSR count). The number of anilines is 1. The maximum atomic E-state index is 13.1. The van der Waals surface area contributed by atoms with E-state index in [0.717, 1.165) is 17.7 Å². The quantitative estimate of drug-likeness (QED) is 0.785. The number of amides is 1. The Morgan fingerprint density at radius 1 is 1.38 bits per heavy atom. The molecule has 1 amide bonds. The maximum Gasteiger partial charge on any atom is 0.416 e. The zero-order valence-corrected chi connectivity index (χ0v) is 16.3. The fraction of sp³-hybridized carbons (Fsp3) is 0.474. The fourth-order valence-corrected chi connectivity index (χ4v) is 4.64. The van der Waals surface area contributed by atoms with Crippen LogP contribution < -0.4 is 5.32 Å². The first-order valence-electron chi connectivity index (χ1n) is 9.07. The van der Waals surface area contributed by atoms with Crippen LogP contribution in [0.2, 0.25) is 5.02 Å². The molecule has 2 aliphatic heterocycles. The highest BCUT2D eigenvalue weighted by atomic mass is 35.5. The largest absolute Gasteiger partial charge is 0.416 e. The van der Waals surface area contributed by atoms with Crippen molar-refractivity contribution in [2.75, 3.05) is 5.32 Å². The van der Waals surface area contributed by atoms with Gasteiger partial charge in [0.2, 0.25) is 5.91 Å². The van der Waals surface area contributed by atoms with E-state index in [1.165, 1.54) is 6.07 Å². The lowest BCUT2D eigenvalue weighted by molar-refractivity contribution is -0.137. The van der Waals surface area contributed by atoms with Gasteiger partial charge in [0.05, 0.1) is 35.5 Å². The molecule has 0 aliphatic carbocycles. The predicted molar refractivity (Wildman–Crippen MR) is 98.5 cm³/mol. The molecule has 0 spiro atoms. The second-order valence-corrected chi connectivity index (χ2v) is 7.99. The lowest BCUT2D eigenvalue weighted by Gasteiger charge is -2.29. The van der Waals surface area contributed by atoms with Gasteiger partial charge >= 0.3 is 6.18 Å². The van der Waals surface area contributed by atoms with Crippen LogP contribution >= 0.6 is 11.6 Å². The van der Waals surface area contributed by atoms with Crippen molar-refractivity contribution in [3.8, 4) is 0 Å². The second kappa shape index (κ2) is 7.00. The van der Waals surface area contributed by atoms with Gasteiger partial charge in [-0.15, -0.1) is 0 Å². The normalized spacial score (nSPS) is 28.7. The second-order valence-electron chi connectivity index (χ2n) is 7.55. The number of hydrogen-bond donors (Lipinski definition) is 2. The van der Waals surface area contributed by atoms with E-state index in [1.807, 2.05) is 0 Å². The molecule has 2 aliphatic rings. The van der Waals surface area contributed by atoms with Crippen LogP contribution in [-0.4, -0.2) is 39.1 Å². The van der Waals surface area contributed by atoms with Gasteiger partial charge in [-0.05, 0) is 30.7 Å². The van der Waals surface area contributed by atoms with Crippen molar-refractivity contribution in [3.63, 3.8) is 0 Å². The van der Waals surface area contributed by atoms with E-state index in [1.54, 1.807) is 24.9 Å². The van der Waals surface area contributed by atoms with Gasteiger partial charge in [-0.2, -0.15) is 18.3 Å². The Hall–Kier alpha value is -2.10. The third-order valence-electron chi connectivity index (χ3n) is 5.53. The Bertz CT molecular complexity index is 962. The Balaban J connectivity index is 1.64. The number of aliphatic hydroxyl groups is 1. The summed E-state index contributed by atoms with van der Waals surface area (Å²) in [5.74, 6) is -1.59. The topological polar surface area (TPSA) is 76.4 Å². The molecule has 5 atom stereocenters. The number of nitrogens with one attached hydrogen (secondary N) is 1. The molecule has 2 fully saturated rings. The number of ether oxygens (including phenoxy) is 1. The van der Waals surface area contributed by atoms with Crippen LogP contribution in [0.1, 0.15) is 29.2 Å². The molecule has 2 bridgehead atoms. The van der Waals surface area contributed by atoms with E-state index in [9.17, 15) is 23.1 Å². The number of alkyl halides is 3. The van der Waals surface area contributed by atoms with E-state index in [0.29, 0.717) is 12.1 Å². The Labute approximate surface area is 169 Å². The number of aromatic nitrogens is 2. The van der Waals surface area contributed by atoms with E-state index in [2.05, 4.69) is 10.4 Å². The van der Waals surface area contributed by atoms with Crippen LogP contribution in [0.25, 0.3) is 0 Å². The van der Waals surface area contributed by atoms with Gasteiger partial charge in [0.25, 0.3) is 0 Å². The average Bonchev–Trinajstić information content (AvgIpc) is 3.24. The van der Waals surface area contributed by atoms with Crippen molar-refractivity contribution < 1.29 is 27.8 Å². The maximum absolute atomic E-state index is 13.1. The first-order chi connectivity index (χ1) is 13.5. The monoisotopic (exact) mass is 429 g/mol. The van der Waals surface area contributed by atoms with E-state index >= 15 is 0 Å². The summed E-state index contributed by atoms with van der Waals surface area (Å²) in [5, 5.41) is 17.0. The van der Waals surface area contributed by atoms with E-state index in [4.69, 9.17) is 16.3 Å².